The van der Waals surface area contributed by atoms with Gasteiger partial charge in [-0.3, -0.25) is 0 Å². The van der Waals surface area contributed by atoms with Crippen LogP contribution in [0.1, 0.15) is 6.42 Å². The third kappa shape index (κ3) is 2.53. The van der Waals surface area contributed by atoms with E-state index < -0.39 is 0 Å². The van der Waals surface area contributed by atoms with Gasteiger partial charge in [0.05, 0.1) is 0 Å². The maximum atomic E-state index is 3.96. The summed E-state index contributed by atoms with van der Waals surface area (Å²) in [6.07, 6.45) is 5.02. The van der Waals surface area contributed by atoms with Crippen molar-refractivity contribution in [2.24, 2.45) is 0 Å². The Hall–Kier alpha value is -1.42. The molecule has 0 saturated heterocycles. The van der Waals surface area contributed by atoms with Gasteiger partial charge in [-0.15, -0.1) is 5.10 Å². The van der Waals surface area contributed by atoms with Gasteiger partial charge in [-0.25, -0.2) is 0 Å². The van der Waals surface area contributed by atoms with E-state index in [0.29, 0.717) is 0 Å². The number of nitrogens with zero attached hydrogens (tertiary/aromatic N) is 2. The van der Waals surface area contributed by atoms with Gasteiger partial charge in [0, 0.05) is 19.3 Å². The van der Waals surface area contributed by atoms with Crippen molar-refractivity contribution < 1.29 is 0 Å². The first-order valence-corrected chi connectivity index (χ1v) is 4.85. The number of rotatable bonds is 3. The number of aromatic nitrogens is 2. The fourth-order valence-corrected chi connectivity index (χ4v) is 1.43. The molecule has 0 aliphatic carbocycles. The summed E-state index contributed by atoms with van der Waals surface area (Å²) in [4.78, 5) is 0. The molecule has 2 heterocycles. The van der Waals surface area contributed by atoms with E-state index in [1.54, 1.807) is 6.20 Å². The normalized spacial score (nSPS) is 16.1. The zero-order valence-electron chi connectivity index (χ0n) is 8.03. The number of hydrogen-bond acceptors (Lipinski definition) is 4. The quantitative estimate of drug-likeness (QED) is 0.692. The highest BCUT2D eigenvalue weighted by atomic mass is 15.2. The number of anilines is 1. The molecule has 4 heteroatoms. The second-order valence-electron chi connectivity index (χ2n) is 3.28. The summed E-state index contributed by atoms with van der Waals surface area (Å²) < 4.78 is 0. The van der Waals surface area contributed by atoms with Gasteiger partial charge < -0.3 is 10.6 Å². The first kappa shape index (κ1) is 9.15. The SMILES string of the molecule is C1=C(CNc2cccnn2)CCNC1. The minimum Gasteiger partial charge on any atom is -0.365 e. The van der Waals surface area contributed by atoms with E-state index in [1.165, 1.54) is 5.57 Å². The van der Waals surface area contributed by atoms with Crippen LogP contribution in [0.4, 0.5) is 5.82 Å². The standard InChI is InChI=1S/C10H14N4/c1-2-10(14-13-5-1)12-8-9-3-6-11-7-4-9/h1-3,5,11H,4,6-8H2,(H,12,14). The molecule has 0 spiro atoms. The van der Waals surface area contributed by atoms with Crippen LogP contribution in [-0.4, -0.2) is 29.8 Å². The molecule has 1 aromatic heterocycles. The molecule has 0 aromatic carbocycles. The predicted octanol–water partition coefficient (Wildman–Crippen LogP) is 0.808. The second kappa shape index (κ2) is 4.72. The molecule has 2 rings (SSSR count). The lowest BCUT2D eigenvalue weighted by molar-refractivity contribution is 0.697. The van der Waals surface area contributed by atoms with Gasteiger partial charge in [0.1, 0.15) is 5.82 Å². The van der Waals surface area contributed by atoms with Crippen LogP contribution < -0.4 is 10.6 Å². The van der Waals surface area contributed by atoms with Gasteiger partial charge in [0.2, 0.25) is 0 Å². The van der Waals surface area contributed by atoms with Gasteiger partial charge in [-0.2, -0.15) is 5.10 Å². The fraction of sp³-hybridized carbons (Fsp3) is 0.400. The zero-order valence-corrected chi connectivity index (χ0v) is 8.03. The third-order valence-corrected chi connectivity index (χ3v) is 2.23. The molecule has 0 fully saturated rings. The number of nitrogens with one attached hydrogen (secondary N) is 2. The van der Waals surface area contributed by atoms with Crippen LogP contribution in [0.2, 0.25) is 0 Å². The molecule has 0 unspecified atom stereocenters. The van der Waals surface area contributed by atoms with E-state index in [2.05, 4.69) is 26.9 Å². The van der Waals surface area contributed by atoms with E-state index in [1.807, 2.05) is 12.1 Å². The Morgan fingerprint density at radius 3 is 3.21 bits per heavy atom. The molecule has 74 valence electrons. The summed E-state index contributed by atoms with van der Waals surface area (Å²) in [5.74, 6) is 0.840. The van der Waals surface area contributed by atoms with Crippen LogP contribution in [0.5, 0.6) is 0 Å². The fourth-order valence-electron chi connectivity index (χ4n) is 1.43. The predicted molar refractivity (Wildman–Crippen MR) is 56.1 cm³/mol. The van der Waals surface area contributed by atoms with Crippen LogP contribution in [0.15, 0.2) is 30.0 Å². The lowest BCUT2D eigenvalue weighted by atomic mass is 10.1. The first-order chi connectivity index (χ1) is 6.95. The van der Waals surface area contributed by atoms with E-state index in [9.17, 15) is 0 Å². The van der Waals surface area contributed by atoms with E-state index >= 15 is 0 Å². The Balaban J connectivity index is 1.85. The van der Waals surface area contributed by atoms with Crippen LogP contribution in [-0.2, 0) is 0 Å². The average molecular weight is 190 g/mol. The lowest BCUT2D eigenvalue weighted by Crippen LogP contribution is -2.23. The van der Waals surface area contributed by atoms with Crippen molar-refractivity contribution >= 4 is 5.82 Å². The molecule has 1 aromatic rings. The van der Waals surface area contributed by atoms with Crippen molar-refractivity contribution in [3.63, 3.8) is 0 Å². The van der Waals surface area contributed by atoms with Crippen LogP contribution in [0, 0.1) is 0 Å². The molecule has 2 N–H and O–H groups in total. The van der Waals surface area contributed by atoms with Crippen LogP contribution in [0.3, 0.4) is 0 Å². The van der Waals surface area contributed by atoms with Crippen molar-refractivity contribution in [1.82, 2.24) is 15.5 Å². The van der Waals surface area contributed by atoms with E-state index in [-0.39, 0.29) is 0 Å². The minimum atomic E-state index is 0.840. The van der Waals surface area contributed by atoms with Gasteiger partial charge >= 0.3 is 0 Å². The van der Waals surface area contributed by atoms with Crippen molar-refractivity contribution in [1.29, 1.82) is 0 Å². The third-order valence-electron chi connectivity index (χ3n) is 2.23. The second-order valence-corrected chi connectivity index (χ2v) is 3.28. The molecule has 14 heavy (non-hydrogen) atoms. The Bertz CT molecular complexity index is 307. The van der Waals surface area contributed by atoms with Gasteiger partial charge in [0.25, 0.3) is 0 Å². The molecule has 1 aliphatic rings. The molecular weight excluding hydrogens is 176 g/mol. The van der Waals surface area contributed by atoms with Gasteiger partial charge in [-0.05, 0) is 25.1 Å². The molecule has 0 radical (unpaired) electrons. The molecule has 0 saturated carbocycles. The topological polar surface area (TPSA) is 49.8 Å². The Morgan fingerprint density at radius 1 is 1.50 bits per heavy atom. The van der Waals surface area contributed by atoms with E-state index in [0.717, 1.165) is 31.9 Å². The summed E-state index contributed by atoms with van der Waals surface area (Å²) in [5, 5.41) is 14.3. The highest BCUT2D eigenvalue weighted by Gasteiger charge is 2.02. The Kier molecular flexibility index (Phi) is 3.08. The molecule has 4 nitrogen and oxygen atoms in total. The summed E-state index contributed by atoms with van der Waals surface area (Å²) in [6, 6.07) is 3.81. The maximum Gasteiger partial charge on any atom is 0.148 e. The number of hydrogen-bond donors (Lipinski definition) is 2. The molecular formula is C10H14N4. The van der Waals surface area contributed by atoms with Crippen molar-refractivity contribution in [3.8, 4) is 0 Å². The first-order valence-electron chi connectivity index (χ1n) is 4.85. The average Bonchev–Trinajstić information content (AvgIpc) is 2.29. The molecule has 1 aliphatic heterocycles. The lowest BCUT2D eigenvalue weighted by Gasteiger charge is -2.14. The zero-order chi connectivity index (χ0) is 9.64. The van der Waals surface area contributed by atoms with Crippen LogP contribution in [0.25, 0.3) is 0 Å². The van der Waals surface area contributed by atoms with Crippen molar-refractivity contribution in [2.45, 2.75) is 6.42 Å². The summed E-state index contributed by atoms with van der Waals surface area (Å²) in [5.41, 5.74) is 1.44. The highest BCUT2D eigenvalue weighted by molar-refractivity contribution is 5.34. The maximum absolute atomic E-state index is 3.96. The molecule has 0 bridgehead atoms. The largest absolute Gasteiger partial charge is 0.365 e. The van der Waals surface area contributed by atoms with Crippen molar-refractivity contribution in [3.05, 3.63) is 30.0 Å². The summed E-state index contributed by atoms with van der Waals surface area (Å²) in [7, 11) is 0. The van der Waals surface area contributed by atoms with E-state index in [4.69, 9.17) is 0 Å². The Labute approximate surface area is 83.4 Å². The highest BCUT2D eigenvalue weighted by Crippen LogP contribution is 2.06. The Morgan fingerprint density at radius 2 is 2.50 bits per heavy atom. The minimum absolute atomic E-state index is 0.840. The monoisotopic (exact) mass is 190 g/mol. The smallest absolute Gasteiger partial charge is 0.148 e. The van der Waals surface area contributed by atoms with Gasteiger partial charge in [-0.1, -0.05) is 11.6 Å². The molecule has 0 amide bonds. The van der Waals surface area contributed by atoms with Crippen molar-refractivity contribution in [2.75, 3.05) is 25.0 Å². The van der Waals surface area contributed by atoms with Gasteiger partial charge in [0.15, 0.2) is 0 Å². The van der Waals surface area contributed by atoms with Crippen LogP contribution >= 0.6 is 0 Å². The molecule has 0 atom stereocenters. The summed E-state index contributed by atoms with van der Waals surface area (Å²) >= 11 is 0. The summed E-state index contributed by atoms with van der Waals surface area (Å²) in [6.45, 7) is 2.94.